The minimum Gasteiger partial charge on any atom is -0.355 e. The summed E-state index contributed by atoms with van der Waals surface area (Å²) in [5, 5.41) is 4.38. The third-order valence-corrected chi connectivity index (χ3v) is 6.27. The molecule has 3 aromatic carbocycles. The van der Waals surface area contributed by atoms with Crippen molar-refractivity contribution in [1.29, 1.82) is 0 Å². The Kier molecular flexibility index (Phi) is 6.06. The SMILES string of the molecule is CN(CC(=O)NCCc1ccccc1F)S(=O)(=O)c1ccc2ccccc2c1. The van der Waals surface area contributed by atoms with Gasteiger partial charge in [-0.3, -0.25) is 4.79 Å². The minimum absolute atomic E-state index is 0.132. The smallest absolute Gasteiger partial charge is 0.243 e. The van der Waals surface area contributed by atoms with Gasteiger partial charge in [0.15, 0.2) is 0 Å². The summed E-state index contributed by atoms with van der Waals surface area (Å²) in [6.45, 7) is -0.0872. The molecule has 1 N–H and O–H groups in total. The van der Waals surface area contributed by atoms with Crippen LogP contribution in [0.4, 0.5) is 4.39 Å². The molecule has 3 rings (SSSR count). The molecule has 0 saturated carbocycles. The maximum atomic E-state index is 13.6. The van der Waals surface area contributed by atoms with Gasteiger partial charge in [0.25, 0.3) is 0 Å². The average molecular weight is 400 g/mol. The molecule has 0 unspecified atom stereocenters. The van der Waals surface area contributed by atoms with Crippen LogP contribution in [0.2, 0.25) is 0 Å². The normalized spacial score (nSPS) is 11.7. The van der Waals surface area contributed by atoms with E-state index in [2.05, 4.69) is 5.32 Å². The Labute approximate surface area is 163 Å². The first-order valence-electron chi connectivity index (χ1n) is 8.83. The predicted molar refractivity (Wildman–Crippen MR) is 107 cm³/mol. The lowest BCUT2D eigenvalue weighted by molar-refractivity contribution is -0.121. The molecule has 1 amide bonds. The zero-order valence-corrected chi connectivity index (χ0v) is 16.2. The zero-order valence-electron chi connectivity index (χ0n) is 15.4. The van der Waals surface area contributed by atoms with Gasteiger partial charge in [-0.25, -0.2) is 12.8 Å². The molecule has 0 aliphatic heterocycles. The van der Waals surface area contributed by atoms with Gasteiger partial charge < -0.3 is 5.32 Å². The van der Waals surface area contributed by atoms with Gasteiger partial charge in [0.1, 0.15) is 5.82 Å². The third kappa shape index (κ3) is 4.55. The molecule has 0 radical (unpaired) electrons. The van der Waals surface area contributed by atoms with Crippen molar-refractivity contribution in [3.8, 4) is 0 Å². The van der Waals surface area contributed by atoms with E-state index in [-0.39, 0.29) is 23.8 Å². The van der Waals surface area contributed by atoms with Crippen LogP contribution in [0.25, 0.3) is 10.8 Å². The van der Waals surface area contributed by atoms with Gasteiger partial charge in [0, 0.05) is 13.6 Å². The number of likely N-dealkylation sites (N-methyl/N-ethyl adjacent to an activating group) is 1. The van der Waals surface area contributed by atoms with E-state index in [9.17, 15) is 17.6 Å². The minimum atomic E-state index is -3.80. The van der Waals surface area contributed by atoms with Crippen LogP contribution in [-0.2, 0) is 21.2 Å². The number of benzene rings is 3. The van der Waals surface area contributed by atoms with Gasteiger partial charge in [-0.15, -0.1) is 0 Å². The maximum absolute atomic E-state index is 13.6. The maximum Gasteiger partial charge on any atom is 0.243 e. The second-order valence-electron chi connectivity index (χ2n) is 6.46. The van der Waals surface area contributed by atoms with Crippen molar-refractivity contribution in [2.45, 2.75) is 11.3 Å². The largest absolute Gasteiger partial charge is 0.355 e. The fourth-order valence-electron chi connectivity index (χ4n) is 2.89. The summed E-state index contributed by atoms with van der Waals surface area (Å²) in [6, 6.07) is 18.7. The summed E-state index contributed by atoms with van der Waals surface area (Å²) in [4.78, 5) is 12.2. The number of rotatable bonds is 7. The summed E-state index contributed by atoms with van der Waals surface area (Å²) < 4.78 is 40.1. The first-order chi connectivity index (χ1) is 13.4. The predicted octanol–water partition coefficient (Wildman–Crippen LogP) is 2.96. The molecule has 7 heteroatoms. The van der Waals surface area contributed by atoms with Crippen molar-refractivity contribution in [1.82, 2.24) is 9.62 Å². The van der Waals surface area contributed by atoms with Crippen LogP contribution < -0.4 is 5.32 Å². The Balaban J connectivity index is 1.61. The van der Waals surface area contributed by atoms with Crippen LogP contribution in [0.5, 0.6) is 0 Å². The molecule has 0 aliphatic rings. The van der Waals surface area contributed by atoms with E-state index in [4.69, 9.17) is 0 Å². The Bertz CT molecular complexity index is 1100. The number of nitrogens with zero attached hydrogens (tertiary/aromatic N) is 1. The van der Waals surface area contributed by atoms with Crippen molar-refractivity contribution < 1.29 is 17.6 Å². The quantitative estimate of drug-likeness (QED) is 0.663. The molecule has 0 atom stereocenters. The molecule has 0 aromatic heterocycles. The summed E-state index contributed by atoms with van der Waals surface area (Å²) in [7, 11) is -2.43. The molecule has 0 fully saturated rings. The number of nitrogens with one attached hydrogen (secondary N) is 1. The van der Waals surface area contributed by atoms with E-state index in [1.807, 2.05) is 24.3 Å². The molecule has 146 valence electrons. The summed E-state index contributed by atoms with van der Waals surface area (Å²) in [5.41, 5.74) is 0.500. The fourth-order valence-corrected chi connectivity index (χ4v) is 4.05. The van der Waals surface area contributed by atoms with Gasteiger partial charge >= 0.3 is 0 Å². The number of carbonyl (C=O) groups is 1. The fraction of sp³-hybridized carbons (Fsp3) is 0.190. The molecular weight excluding hydrogens is 379 g/mol. The second-order valence-corrected chi connectivity index (χ2v) is 8.51. The Hall–Kier alpha value is -2.77. The van der Waals surface area contributed by atoms with Gasteiger partial charge in [0.2, 0.25) is 15.9 Å². The van der Waals surface area contributed by atoms with E-state index < -0.39 is 15.9 Å². The number of halogens is 1. The highest BCUT2D eigenvalue weighted by atomic mass is 32.2. The number of carbonyl (C=O) groups excluding carboxylic acids is 1. The van der Waals surface area contributed by atoms with Gasteiger partial charge in [-0.05, 0) is 41.0 Å². The standard InChI is InChI=1S/C21H21FN2O3S/c1-24(15-21(25)23-13-12-17-7-4-5-9-20(17)22)28(26,27)19-11-10-16-6-2-3-8-18(16)14-19/h2-11,14H,12-13,15H2,1H3,(H,23,25). The van der Waals surface area contributed by atoms with Crippen LogP contribution in [0.1, 0.15) is 5.56 Å². The van der Waals surface area contributed by atoms with Crippen LogP contribution >= 0.6 is 0 Å². The molecule has 0 bridgehead atoms. The van der Waals surface area contributed by atoms with Crippen molar-refractivity contribution in [3.05, 3.63) is 78.1 Å². The zero-order chi connectivity index (χ0) is 20.1. The number of amides is 1. The number of sulfonamides is 1. The van der Waals surface area contributed by atoms with E-state index in [0.29, 0.717) is 12.0 Å². The summed E-state index contributed by atoms with van der Waals surface area (Å²) in [6.07, 6.45) is 0.333. The number of hydrogen-bond donors (Lipinski definition) is 1. The highest BCUT2D eigenvalue weighted by molar-refractivity contribution is 7.89. The molecule has 0 heterocycles. The lowest BCUT2D eigenvalue weighted by atomic mass is 10.1. The van der Waals surface area contributed by atoms with E-state index in [1.54, 1.807) is 30.3 Å². The molecule has 0 spiro atoms. The molecule has 0 saturated heterocycles. The van der Waals surface area contributed by atoms with Crippen LogP contribution in [-0.4, -0.2) is 38.8 Å². The van der Waals surface area contributed by atoms with Crippen molar-refractivity contribution >= 4 is 26.7 Å². The van der Waals surface area contributed by atoms with E-state index >= 15 is 0 Å². The number of fused-ring (bicyclic) bond motifs is 1. The second kappa shape index (κ2) is 8.50. The Morgan fingerprint density at radius 1 is 1.00 bits per heavy atom. The molecule has 0 aliphatic carbocycles. The van der Waals surface area contributed by atoms with Crippen LogP contribution in [0, 0.1) is 5.82 Å². The monoisotopic (exact) mass is 400 g/mol. The first kappa shape index (κ1) is 20.0. The lowest BCUT2D eigenvalue weighted by Gasteiger charge is -2.17. The van der Waals surface area contributed by atoms with Crippen LogP contribution in [0.3, 0.4) is 0 Å². The Morgan fingerprint density at radius 3 is 2.43 bits per heavy atom. The topological polar surface area (TPSA) is 66.5 Å². The summed E-state index contributed by atoms with van der Waals surface area (Å²) >= 11 is 0. The molecule has 5 nitrogen and oxygen atoms in total. The summed E-state index contributed by atoms with van der Waals surface area (Å²) in [5.74, 6) is -0.768. The van der Waals surface area contributed by atoms with Crippen molar-refractivity contribution in [2.24, 2.45) is 0 Å². The first-order valence-corrected chi connectivity index (χ1v) is 10.3. The van der Waals surface area contributed by atoms with Gasteiger partial charge in [-0.2, -0.15) is 4.31 Å². The Morgan fingerprint density at radius 2 is 1.68 bits per heavy atom. The molecule has 3 aromatic rings. The van der Waals surface area contributed by atoms with Crippen molar-refractivity contribution in [3.63, 3.8) is 0 Å². The third-order valence-electron chi connectivity index (χ3n) is 4.47. The average Bonchev–Trinajstić information content (AvgIpc) is 2.69. The highest BCUT2D eigenvalue weighted by Gasteiger charge is 2.23. The van der Waals surface area contributed by atoms with Crippen molar-refractivity contribution in [2.75, 3.05) is 20.1 Å². The van der Waals surface area contributed by atoms with Crippen LogP contribution in [0.15, 0.2) is 71.6 Å². The highest BCUT2D eigenvalue weighted by Crippen LogP contribution is 2.21. The van der Waals surface area contributed by atoms with Gasteiger partial charge in [0.05, 0.1) is 11.4 Å². The lowest BCUT2D eigenvalue weighted by Crippen LogP contribution is -2.39. The van der Waals surface area contributed by atoms with E-state index in [1.165, 1.54) is 19.2 Å². The molecular formula is C21H21FN2O3S. The number of hydrogen-bond acceptors (Lipinski definition) is 3. The van der Waals surface area contributed by atoms with E-state index in [0.717, 1.165) is 15.1 Å². The van der Waals surface area contributed by atoms with Gasteiger partial charge in [-0.1, -0.05) is 48.5 Å². The molecule has 28 heavy (non-hydrogen) atoms.